The van der Waals surface area contributed by atoms with Gasteiger partial charge in [-0.1, -0.05) is 0 Å². The summed E-state index contributed by atoms with van der Waals surface area (Å²) < 4.78 is 15.8. The van der Waals surface area contributed by atoms with E-state index in [-0.39, 0.29) is 30.0 Å². The highest BCUT2D eigenvalue weighted by Gasteiger charge is 2.27. The van der Waals surface area contributed by atoms with Gasteiger partial charge >= 0.3 is 0 Å². The van der Waals surface area contributed by atoms with Gasteiger partial charge in [0.25, 0.3) is 5.91 Å². The minimum atomic E-state index is -0.376. The van der Waals surface area contributed by atoms with Crippen molar-refractivity contribution >= 4 is 17.1 Å². The first-order valence-electron chi connectivity index (χ1n) is 10.5. The number of carbonyl (C=O) groups excluding carboxylic acids is 1. The van der Waals surface area contributed by atoms with Gasteiger partial charge < -0.3 is 10.3 Å². The second-order valence-electron chi connectivity index (χ2n) is 8.12. The Hall–Kier alpha value is -3.66. The molecule has 10 heteroatoms. The predicted molar refractivity (Wildman–Crippen MR) is 116 cm³/mol. The summed E-state index contributed by atoms with van der Waals surface area (Å²) in [4.78, 5) is 31.3. The lowest BCUT2D eigenvalue weighted by Gasteiger charge is -2.16. The number of benzene rings is 1. The number of carbonyl (C=O) groups is 1. The zero-order valence-corrected chi connectivity index (χ0v) is 17.8. The van der Waals surface area contributed by atoms with Crippen molar-refractivity contribution in [2.75, 3.05) is 13.6 Å². The molecule has 1 aromatic carbocycles. The number of aromatic amines is 1. The smallest absolute Gasteiger partial charge is 0.272 e. The molecule has 9 nitrogen and oxygen atoms in total. The van der Waals surface area contributed by atoms with Crippen LogP contribution < -0.4 is 5.32 Å². The van der Waals surface area contributed by atoms with Crippen molar-refractivity contribution in [2.45, 2.75) is 25.4 Å². The Morgan fingerprint density at radius 2 is 2.12 bits per heavy atom. The van der Waals surface area contributed by atoms with Crippen molar-refractivity contribution in [2.24, 2.45) is 7.05 Å². The molecule has 0 saturated carbocycles. The van der Waals surface area contributed by atoms with E-state index in [0.29, 0.717) is 22.3 Å². The number of likely N-dealkylation sites (tertiary alicyclic amines) is 1. The Morgan fingerprint density at radius 1 is 1.25 bits per heavy atom. The number of imidazole rings is 1. The molecule has 1 fully saturated rings. The third-order valence-electron chi connectivity index (χ3n) is 5.81. The molecule has 2 N–H and O–H groups in total. The lowest BCUT2D eigenvalue weighted by molar-refractivity contribution is 0.0947. The molecule has 1 aliphatic rings. The molecule has 0 unspecified atom stereocenters. The number of aryl methyl sites for hydroxylation is 1. The molecule has 1 aliphatic heterocycles. The number of nitrogens with one attached hydrogen (secondary N) is 2. The fraction of sp³-hybridized carbons (Fsp3) is 0.318. The van der Waals surface area contributed by atoms with Crippen LogP contribution in [-0.4, -0.2) is 54.1 Å². The van der Waals surface area contributed by atoms with E-state index < -0.39 is 0 Å². The molecule has 5 rings (SSSR count). The van der Waals surface area contributed by atoms with Crippen molar-refractivity contribution in [3.05, 3.63) is 59.8 Å². The van der Waals surface area contributed by atoms with Crippen molar-refractivity contribution in [3.8, 4) is 11.1 Å². The Balaban J connectivity index is 1.36. The average Bonchev–Trinajstić information content (AvgIpc) is 3.50. The van der Waals surface area contributed by atoms with Crippen LogP contribution in [0, 0.1) is 5.82 Å². The second-order valence-corrected chi connectivity index (χ2v) is 8.12. The van der Waals surface area contributed by atoms with Crippen LogP contribution in [0.15, 0.2) is 36.9 Å². The molecule has 1 amide bonds. The molecule has 1 saturated heterocycles. The van der Waals surface area contributed by atoms with Gasteiger partial charge in [0.2, 0.25) is 0 Å². The van der Waals surface area contributed by atoms with Crippen LogP contribution in [0.4, 0.5) is 4.39 Å². The Kier molecular flexibility index (Phi) is 5.14. The highest BCUT2D eigenvalue weighted by Crippen LogP contribution is 2.29. The summed E-state index contributed by atoms with van der Waals surface area (Å²) in [5.74, 6) is 0.0410. The lowest BCUT2D eigenvalue weighted by atomic mass is 10.1. The summed E-state index contributed by atoms with van der Waals surface area (Å²) in [6.07, 6.45) is 6.93. The largest absolute Gasteiger partial charge is 0.347 e. The molecule has 0 radical (unpaired) electrons. The first-order valence-corrected chi connectivity index (χ1v) is 10.5. The number of nitrogens with zero attached hydrogens (tertiary/aromatic N) is 6. The van der Waals surface area contributed by atoms with Crippen LogP contribution in [-0.2, 0) is 13.6 Å². The number of aromatic nitrogens is 6. The fourth-order valence-corrected chi connectivity index (χ4v) is 4.19. The molecule has 164 valence electrons. The zero-order chi connectivity index (χ0) is 22.2. The van der Waals surface area contributed by atoms with Crippen molar-refractivity contribution in [1.29, 1.82) is 0 Å². The molecular formula is C22H23FN8O. The van der Waals surface area contributed by atoms with E-state index in [2.05, 4.69) is 42.3 Å². The normalized spacial score (nSPS) is 16.7. The van der Waals surface area contributed by atoms with Gasteiger partial charge in [-0.2, -0.15) is 5.10 Å². The number of H-pyrrole nitrogens is 1. The molecule has 1 atom stereocenters. The second kappa shape index (κ2) is 8.12. The van der Waals surface area contributed by atoms with Crippen LogP contribution >= 0.6 is 0 Å². The molecule has 0 aliphatic carbocycles. The van der Waals surface area contributed by atoms with E-state index in [9.17, 15) is 9.18 Å². The van der Waals surface area contributed by atoms with Crippen molar-refractivity contribution < 1.29 is 9.18 Å². The number of halogens is 1. The van der Waals surface area contributed by atoms with Crippen LogP contribution in [0.25, 0.3) is 22.3 Å². The molecule has 4 heterocycles. The first kappa shape index (κ1) is 20.3. The zero-order valence-electron chi connectivity index (χ0n) is 17.8. The highest BCUT2D eigenvalue weighted by molar-refractivity contribution is 6.02. The molecule has 4 aromatic rings. The van der Waals surface area contributed by atoms with Gasteiger partial charge in [-0.25, -0.2) is 19.3 Å². The predicted octanol–water partition coefficient (Wildman–Crippen LogP) is 2.59. The van der Waals surface area contributed by atoms with E-state index in [1.165, 1.54) is 18.5 Å². The van der Waals surface area contributed by atoms with E-state index in [1.54, 1.807) is 17.9 Å². The maximum absolute atomic E-state index is 14.2. The average molecular weight is 434 g/mol. The maximum atomic E-state index is 14.2. The SMILES string of the molecule is CN1CCC[C@@H]1c1nc2ncnc(C(=O)NCc3cc(F)cc(-c4cnn(C)c4)c3)c2[nH]1. The van der Waals surface area contributed by atoms with Crippen LogP contribution in [0.5, 0.6) is 0 Å². The highest BCUT2D eigenvalue weighted by atomic mass is 19.1. The number of hydrogen-bond acceptors (Lipinski definition) is 6. The van der Waals surface area contributed by atoms with Gasteiger partial charge in [0.1, 0.15) is 23.5 Å². The Labute approximate surface area is 183 Å². The quantitative estimate of drug-likeness (QED) is 0.500. The molecule has 3 aromatic heterocycles. The summed E-state index contributed by atoms with van der Waals surface area (Å²) in [6.45, 7) is 1.16. The van der Waals surface area contributed by atoms with E-state index in [4.69, 9.17) is 0 Å². The summed E-state index contributed by atoms with van der Waals surface area (Å²) in [7, 11) is 3.86. The minimum Gasteiger partial charge on any atom is -0.347 e. The maximum Gasteiger partial charge on any atom is 0.272 e. The molecule has 32 heavy (non-hydrogen) atoms. The topological polar surface area (TPSA) is 105 Å². The summed E-state index contributed by atoms with van der Waals surface area (Å²) in [5.41, 5.74) is 3.34. The van der Waals surface area contributed by atoms with Gasteiger partial charge in [-0.05, 0) is 55.8 Å². The van der Waals surface area contributed by atoms with Crippen LogP contribution in [0.2, 0.25) is 0 Å². The Bertz CT molecular complexity index is 1300. The summed E-state index contributed by atoms with van der Waals surface area (Å²) in [6, 6.07) is 4.86. The number of hydrogen-bond donors (Lipinski definition) is 2. The van der Waals surface area contributed by atoms with Gasteiger partial charge in [-0.3, -0.25) is 14.4 Å². The monoisotopic (exact) mass is 434 g/mol. The molecule has 0 spiro atoms. The minimum absolute atomic E-state index is 0.154. The third-order valence-corrected chi connectivity index (χ3v) is 5.81. The number of amides is 1. The van der Waals surface area contributed by atoms with Crippen molar-refractivity contribution in [3.63, 3.8) is 0 Å². The first-order chi connectivity index (χ1) is 15.5. The van der Waals surface area contributed by atoms with Gasteiger partial charge in [-0.15, -0.1) is 0 Å². The number of fused-ring (bicyclic) bond motifs is 1. The summed E-state index contributed by atoms with van der Waals surface area (Å²) >= 11 is 0. The summed E-state index contributed by atoms with van der Waals surface area (Å²) in [5, 5.41) is 6.96. The Morgan fingerprint density at radius 3 is 2.88 bits per heavy atom. The molecule has 0 bridgehead atoms. The van der Waals surface area contributed by atoms with E-state index >= 15 is 0 Å². The van der Waals surface area contributed by atoms with E-state index in [0.717, 1.165) is 30.8 Å². The van der Waals surface area contributed by atoms with Crippen LogP contribution in [0.1, 0.15) is 40.8 Å². The number of rotatable bonds is 5. The lowest BCUT2D eigenvalue weighted by Crippen LogP contribution is -2.24. The van der Waals surface area contributed by atoms with Gasteiger partial charge in [0, 0.05) is 25.4 Å². The fourth-order valence-electron chi connectivity index (χ4n) is 4.19. The third kappa shape index (κ3) is 3.84. The van der Waals surface area contributed by atoms with Gasteiger partial charge in [0.05, 0.1) is 12.2 Å². The standard InChI is InChI=1S/C22H23FN8O/c1-30-5-3-4-17(30)20-28-18-19(25-12-26-21(18)29-20)22(32)24-9-13-6-14(8-16(23)7-13)15-10-27-31(2)11-15/h6-8,10-12,17H,3-5,9H2,1-2H3,(H,24,32)(H,25,26,28,29)/t17-/m1/s1. The van der Waals surface area contributed by atoms with Crippen molar-refractivity contribution in [1.82, 2.24) is 39.9 Å². The van der Waals surface area contributed by atoms with Crippen LogP contribution in [0.3, 0.4) is 0 Å². The van der Waals surface area contributed by atoms with E-state index in [1.807, 2.05) is 12.3 Å². The molecular weight excluding hydrogens is 411 g/mol. The van der Waals surface area contributed by atoms with Gasteiger partial charge in [0.15, 0.2) is 11.3 Å².